The summed E-state index contributed by atoms with van der Waals surface area (Å²) in [6.45, 7) is 9.15. The molecule has 0 aliphatic heterocycles. The van der Waals surface area contributed by atoms with Gasteiger partial charge in [-0.1, -0.05) is 36.4 Å². The fourth-order valence-electron chi connectivity index (χ4n) is 3.69. The molecule has 0 radical (unpaired) electrons. The van der Waals surface area contributed by atoms with E-state index in [0.717, 1.165) is 16.7 Å². The maximum absolute atomic E-state index is 13.0. The van der Waals surface area contributed by atoms with E-state index < -0.39 is 5.60 Å². The standard InChI is InChI=1S/C22H22O3/c1-5-10-22(4,25)12-15-11-13(2)18-19(14(15)3)21(24)17-9-7-6-8-16(17)20(18)23/h5-9,11,25H,1,10,12H2,2-4H3/t22-/m0/s1. The molecule has 1 atom stereocenters. The molecule has 3 rings (SSSR count). The van der Waals surface area contributed by atoms with Crippen LogP contribution < -0.4 is 0 Å². The third-order valence-electron chi connectivity index (χ3n) is 4.92. The minimum absolute atomic E-state index is 0.102. The quantitative estimate of drug-likeness (QED) is 0.735. The predicted molar refractivity (Wildman–Crippen MR) is 98.4 cm³/mol. The first kappa shape index (κ1) is 17.3. The number of benzene rings is 2. The largest absolute Gasteiger partial charge is 0.390 e. The fourth-order valence-corrected chi connectivity index (χ4v) is 3.69. The van der Waals surface area contributed by atoms with Crippen molar-refractivity contribution in [1.82, 2.24) is 0 Å². The summed E-state index contributed by atoms with van der Waals surface area (Å²) in [7, 11) is 0. The average Bonchev–Trinajstić information content (AvgIpc) is 2.55. The second kappa shape index (κ2) is 6.08. The van der Waals surface area contributed by atoms with E-state index in [-0.39, 0.29) is 11.6 Å². The molecule has 1 N–H and O–H groups in total. The highest BCUT2D eigenvalue weighted by Crippen LogP contribution is 2.34. The maximum atomic E-state index is 13.0. The van der Waals surface area contributed by atoms with Gasteiger partial charge in [0.2, 0.25) is 0 Å². The smallest absolute Gasteiger partial charge is 0.194 e. The normalized spacial score (nSPS) is 15.4. The second-order valence-corrected chi connectivity index (χ2v) is 7.10. The number of aryl methyl sites for hydroxylation is 1. The van der Waals surface area contributed by atoms with Crippen molar-refractivity contribution in [2.24, 2.45) is 0 Å². The highest BCUT2D eigenvalue weighted by atomic mass is 16.3. The number of rotatable bonds is 4. The van der Waals surface area contributed by atoms with E-state index in [0.29, 0.717) is 35.1 Å². The van der Waals surface area contributed by atoms with Crippen LogP contribution in [0, 0.1) is 13.8 Å². The monoisotopic (exact) mass is 334 g/mol. The predicted octanol–water partition coefficient (Wildman–Crippen LogP) is 3.95. The lowest BCUT2D eigenvalue weighted by atomic mass is 9.77. The summed E-state index contributed by atoms with van der Waals surface area (Å²) in [6, 6.07) is 8.88. The lowest BCUT2D eigenvalue weighted by molar-refractivity contribution is 0.0635. The number of carbonyl (C=O) groups excluding carboxylic acids is 2. The summed E-state index contributed by atoms with van der Waals surface area (Å²) in [6.07, 6.45) is 2.55. The highest BCUT2D eigenvalue weighted by molar-refractivity contribution is 6.29. The lowest BCUT2D eigenvalue weighted by Gasteiger charge is -2.27. The van der Waals surface area contributed by atoms with Gasteiger partial charge in [0, 0.05) is 28.7 Å². The van der Waals surface area contributed by atoms with Crippen LogP contribution in [0.3, 0.4) is 0 Å². The summed E-state index contributed by atoms with van der Waals surface area (Å²) in [4.78, 5) is 25.9. The number of aliphatic hydroxyl groups is 1. The van der Waals surface area contributed by atoms with Gasteiger partial charge in [-0.15, -0.1) is 6.58 Å². The van der Waals surface area contributed by atoms with E-state index in [1.165, 1.54) is 0 Å². The molecule has 1 aliphatic carbocycles. The molecule has 2 aromatic carbocycles. The van der Waals surface area contributed by atoms with Gasteiger partial charge in [-0.3, -0.25) is 9.59 Å². The van der Waals surface area contributed by atoms with Crippen LogP contribution in [0.5, 0.6) is 0 Å². The Hall–Kier alpha value is -2.52. The molecule has 2 aromatic rings. The Kier molecular flexibility index (Phi) is 4.21. The van der Waals surface area contributed by atoms with Crippen molar-refractivity contribution in [1.29, 1.82) is 0 Å². The maximum Gasteiger partial charge on any atom is 0.194 e. The zero-order valence-electron chi connectivity index (χ0n) is 14.8. The molecule has 3 nitrogen and oxygen atoms in total. The first-order chi connectivity index (χ1) is 11.8. The highest BCUT2D eigenvalue weighted by Gasteiger charge is 2.33. The van der Waals surface area contributed by atoms with Gasteiger partial charge in [0.1, 0.15) is 0 Å². The van der Waals surface area contributed by atoms with Crippen molar-refractivity contribution in [2.45, 2.75) is 39.2 Å². The Morgan fingerprint density at radius 3 is 2.20 bits per heavy atom. The molecular weight excluding hydrogens is 312 g/mol. The molecule has 0 unspecified atom stereocenters. The van der Waals surface area contributed by atoms with E-state index in [9.17, 15) is 14.7 Å². The zero-order valence-corrected chi connectivity index (χ0v) is 14.8. The molecule has 0 fully saturated rings. The van der Waals surface area contributed by atoms with Crippen LogP contribution in [-0.2, 0) is 6.42 Å². The Balaban J connectivity index is 2.18. The molecule has 0 aromatic heterocycles. The van der Waals surface area contributed by atoms with E-state index in [1.54, 1.807) is 37.3 Å². The average molecular weight is 334 g/mol. The molecule has 25 heavy (non-hydrogen) atoms. The van der Waals surface area contributed by atoms with Gasteiger partial charge in [0.25, 0.3) is 0 Å². The number of hydrogen-bond acceptors (Lipinski definition) is 3. The number of hydrogen-bond donors (Lipinski definition) is 1. The van der Waals surface area contributed by atoms with Gasteiger partial charge in [0.15, 0.2) is 11.6 Å². The van der Waals surface area contributed by atoms with Crippen molar-refractivity contribution in [3.05, 3.63) is 81.9 Å². The summed E-state index contributed by atoms with van der Waals surface area (Å²) >= 11 is 0. The van der Waals surface area contributed by atoms with Gasteiger partial charge in [0.05, 0.1) is 5.60 Å². The van der Waals surface area contributed by atoms with Gasteiger partial charge < -0.3 is 5.11 Å². The van der Waals surface area contributed by atoms with Crippen molar-refractivity contribution in [3.63, 3.8) is 0 Å². The van der Waals surface area contributed by atoms with E-state index in [2.05, 4.69) is 6.58 Å². The molecule has 1 aliphatic rings. The molecule has 0 saturated carbocycles. The van der Waals surface area contributed by atoms with Crippen molar-refractivity contribution in [2.75, 3.05) is 0 Å². The third kappa shape index (κ3) is 2.85. The first-order valence-electron chi connectivity index (χ1n) is 8.41. The summed E-state index contributed by atoms with van der Waals surface area (Å²) in [5.74, 6) is -0.216. The Morgan fingerprint density at radius 2 is 1.64 bits per heavy atom. The van der Waals surface area contributed by atoms with Crippen molar-refractivity contribution >= 4 is 11.6 Å². The van der Waals surface area contributed by atoms with Gasteiger partial charge in [-0.2, -0.15) is 0 Å². The Labute approximate surface area is 148 Å². The zero-order chi connectivity index (χ0) is 18.4. The van der Waals surface area contributed by atoms with Crippen LogP contribution in [0.4, 0.5) is 0 Å². The summed E-state index contributed by atoms with van der Waals surface area (Å²) < 4.78 is 0. The number of carbonyl (C=O) groups is 2. The molecule has 0 amide bonds. The van der Waals surface area contributed by atoms with Gasteiger partial charge in [-0.25, -0.2) is 0 Å². The van der Waals surface area contributed by atoms with Crippen molar-refractivity contribution < 1.29 is 14.7 Å². The van der Waals surface area contributed by atoms with Crippen LogP contribution in [0.2, 0.25) is 0 Å². The van der Waals surface area contributed by atoms with Crippen LogP contribution >= 0.6 is 0 Å². The van der Waals surface area contributed by atoms with Crippen LogP contribution in [0.25, 0.3) is 0 Å². The molecule has 0 bridgehead atoms. The molecule has 0 spiro atoms. The first-order valence-corrected chi connectivity index (χ1v) is 8.41. The van der Waals surface area contributed by atoms with Gasteiger partial charge in [-0.05, 0) is 43.9 Å². The minimum atomic E-state index is -0.938. The van der Waals surface area contributed by atoms with Crippen LogP contribution in [-0.4, -0.2) is 22.3 Å². The van der Waals surface area contributed by atoms with E-state index >= 15 is 0 Å². The van der Waals surface area contributed by atoms with Crippen LogP contribution in [0.1, 0.15) is 61.9 Å². The van der Waals surface area contributed by atoms with E-state index in [4.69, 9.17) is 0 Å². The van der Waals surface area contributed by atoms with Crippen LogP contribution in [0.15, 0.2) is 43.0 Å². The Bertz CT molecular complexity index is 904. The molecule has 128 valence electrons. The third-order valence-corrected chi connectivity index (χ3v) is 4.92. The van der Waals surface area contributed by atoms with Crippen molar-refractivity contribution in [3.8, 4) is 0 Å². The number of ketones is 2. The molecular formula is C22H22O3. The molecule has 0 saturated heterocycles. The summed E-state index contributed by atoms with van der Waals surface area (Å²) in [5.41, 5.74) is 3.40. The summed E-state index contributed by atoms with van der Waals surface area (Å²) in [5, 5.41) is 10.5. The lowest BCUT2D eigenvalue weighted by Crippen LogP contribution is -2.29. The fraction of sp³-hybridized carbons (Fsp3) is 0.273. The number of fused-ring (bicyclic) bond motifs is 2. The molecule has 3 heteroatoms. The van der Waals surface area contributed by atoms with E-state index in [1.807, 2.05) is 19.9 Å². The minimum Gasteiger partial charge on any atom is -0.390 e. The van der Waals surface area contributed by atoms with Gasteiger partial charge >= 0.3 is 0 Å². The second-order valence-electron chi connectivity index (χ2n) is 7.10. The molecule has 0 heterocycles. The topological polar surface area (TPSA) is 54.4 Å². The Morgan fingerprint density at radius 1 is 1.08 bits per heavy atom. The SMILES string of the molecule is C=CC[C@](C)(O)Cc1cc(C)c2c(c1C)C(=O)c1ccccc1C2=O.